The number of aromatic nitrogens is 1. The van der Waals surface area contributed by atoms with E-state index >= 15 is 0 Å². The van der Waals surface area contributed by atoms with Crippen LogP contribution < -0.4 is 4.74 Å². The van der Waals surface area contributed by atoms with Crippen LogP contribution in [0, 0.1) is 0 Å². The number of fused-ring (bicyclic) bond motifs is 1. The Kier molecular flexibility index (Phi) is 4.45. The van der Waals surface area contributed by atoms with E-state index < -0.39 is 5.60 Å². The molecule has 0 spiro atoms. The summed E-state index contributed by atoms with van der Waals surface area (Å²) >= 11 is 1.44. The molecule has 1 aromatic heterocycles. The normalized spacial score (nSPS) is 13.5. The van der Waals surface area contributed by atoms with Gasteiger partial charge in [-0.05, 0) is 47.0 Å². The SMILES string of the molecule is CC(O)(c1cccc(OCc2ccc3ccccc3c2)c1)c1nccs1. The van der Waals surface area contributed by atoms with Crippen LogP contribution in [-0.4, -0.2) is 10.1 Å². The summed E-state index contributed by atoms with van der Waals surface area (Å²) in [5.41, 5.74) is 0.750. The Morgan fingerprint density at radius 2 is 1.85 bits per heavy atom. The van der Waals surface area contributed by atoms with E-state index in [0.29, 0.717) is 11.6 Å². The molecule has 0 aliphatic rings. The van der Waals surface area contributed by atoms with Gasteiger partial charge in [0.1, 0.15) is 23.0 Å². The van der Waals surface area contributed by atoms with Gasteiger partial charge in [-0.25, -0.2) is 4.98 Å². The van der Waals surface area contributed by atoms with Crippen LogP contribution in [-0.2, 0) is 12.2 Å². The molecule has 1 N–H and O–H groups in total. The Bertz CT molecular complexity index is 1030. The second-order valence-corrected chi connectivity index (χ2v) is 7.30. The maximum atomic E-state index is 10.9. The average molecular weight is 361 g/mol. The zero-order valence-corrected chi connectivity index (χ0v) is 15.2. The lowest BCUT2D eigenvalue weighted by atomic mass is 9.96. The molecule has 3 nitrogen and oxygen atoms in total. The van der Waals surface area contributed by atoms with Crippen LogP contribution in [0.15, 0.2) is 78.3 Å². The molecule has 0 bridgehead atoms. The number of ether oxygens (including phenoxy) is 1. The van der Waals surface area contributed by atoms with E-state index in [0.717, 1.165) is 16.9 Å². The first-order valence-corrected chi connectivity index (χ1v) is 9.34. The molecule has 0 saturated heterocycles. The highest BCUT2D eigenvalue weighted by atomic mass is 32.1. The van der Waals surface area contributed by atoms with Gasteiger partial charge < -0.3 is 9.84 Å². The lowest BCUT2D eigenvalue weighted by Crippen LogP contribution is -2.22. The summed E-state index contributed by atoms with van der Waals surface area (Å²) in [5.74, 6) is 0.729. The van der Waals surface area contributed by atoms with Gasteiger partial charge >= 0.3 is 0 Å². The first kappa shape index (κ1) is 16.8. The Morgan fingerprint density at radius 3 is 2.65 bits per heavy atom. The fraction of sp³-hybridized carbons (Fsp3) is 0.136. The van der Waals surface area contributed by atoms with Crippen molar-refractivity contribution in [3.63, 3.8) is 0 Å². The molecule has 130 valence electrons. The number of hydrogen-bond acceptors (Lipinski definition) is 4. The van der Waals surface area contributed by atoms with E-state index in [1.165, 1.54) is 22.1 Å². The lowest BCUT2D eigenvalue weighted by molar-refractivity contribution is 0.101. The van der Waals surface area contributed by atoms with Crippen molar-refractivity contribution in [2.24, 2.45) is 0 Å². The standard InChI is InChI=1S/C22H19NO2S/c1-22(24,21-23-11-12-26-21)19-7-4-8-20(14-19)25-15-16-9-10-17-5-2-3-6-18(17)13-16/h2-14,24H,15H2,1H3. The molecule has 1 heterocycles. The van der Waals surface area contributed by atoms with Crippen molar-refractivity contribution in [3.8, 4) is 5.75 Å². The maximum Gasteiger partial charge on any atom is 0.138 e. The number of nitrogens with zero attached hydrogens (tertiary/aromatic N) is 1. The monoisotopic (exact) mass is 361 g/mol. The molecule has 1 unspecified atom stereocenters. The van der Waals surface area contributed by atoms with Crippen molar-refractivity contribution < 1.29 is 9.84 Å². The molecule has 0 amide bonds. The van der Waals surface area contributed by atoms with Crippen LogP contribution >= 0.6 is 11.3 Å². The minimum absolute atomic E-state index is 0.480. The topological polar surface area (TPSA) is 42.4 Å². The van der Waals surface area contributed by atoms with Gasteiger partial charge in [0.25, 0.3) is 0 Å². The van der Waals surface area contributed by atoms with Crippen molar-refractivity contribution in [2.45, 2.75) is 19.1 Å². The molecular formula is C22H19NO2S. The Hall–Kier alpha value is -2.69. The zero-order chi connectivity index (χ0) is 18.0. The highest BCUT2D eigenvalue weighted by Crippen LogP contribution is 2.32. The zero-order valence-electron chi connectivity index (χ0n) is 14.4. The van der Waals surface area contributed by atoms with Crippen LogP contribution in [0.1, 0.15) is 23.1 Å². The second kappa shape index (κ2) is 6.90. The molecule has 4 rings (SSSR count). The Labute approximate surface area is 156 Å². The molecular weight excluding hydrogens is 342 g/mol. The van der Waals surface area contributed by atoms with E-state index in [4.69, 9.17) is 4.74 Å². The summed E-state index contributed by atoms with van der Waals surface area (Å²) in [6.45, 7) is 2.24. The van der Waals surface area contributed by atoms with Crippen molar-refractivity contribution in [2.75, 3.05) is 0 Å². The highest BCUT2D eigenvalue weighted by molar-refractivity contribution is 7.09. The van der Waals surface area contributed by atoms with Gasteiger partial charge in [-0.15, -0.1) is 11.3 Å². The first-order valence-electron chi connectivity index (χ1n) is 8.46. The molecule has 3 aromatic carbocycles. The second-order valence-electron chi connectivity index (χ2n) is 6.41. The van der Waals surface area contributed by atoms with Gasteiger partial charge in [0, 0.05) is 11.6 Å². The van der Waals surface area contributed by atoms with E-state index in [2.05, 4.69) is 35.3 Å². The Balaban J connectivity index is 1.53. The fourth-order valence-electron chi connectivity index (χ4n) is 2.97. The van der Waals surface area contributed by atoms with E-state index in [-0.39, 0.29) is 0 Å². The maximum absolute atomic E-state index is 10.9. The van der Waals surface area contributed by atoms with Crippen LogP contribution in [0.4, 0.5) is 0 Å². The van der Waals surface area contributed by atoms with Crippen molar-refractivity contribution in [3.05, 3.63) is 94.4 Å². The third kappa shape index (κ3) is 3.34. The summed E-state index contributed by atoms with van der Waals surface area (Å²) in [6, 6.07) is 22.2. The van der Waals surface area contributed by atoms with Gasteiger partial charge in [0.15, 0.2) is 0 Å². The first-order chi connectivity index (χ1) is 12.6. The van der Waals surface area contributed by atoms with E-state index in [1.807, 2.05) is 41.8 Å². The van der Waals surface area contributed by atoms with E-state index in [1.54, 1.807) is 13.1 Å². The van der Waals surface area contributed by atoms with E-state index in [9.17, 15) is 5.11 Å². The predicted octanol–water partition coefficient (Wildman–Crippen LogP) is 5.13. The van der Waals surface area contributed by atoms with Gasteiger partial charge in [0.05, 0.1) is 0 Å². The lowest BCUT2D eigenvalue weighted by Gasteiger charge is -2.21. The molecule has 1 atom stereocenters. The van der Waals surface area contributed by atoms with Crippen molar-refractivity contribution in [1.82, 2.24) is 4.98 Å². The third-order valence-electron chi connectivity index (χ3n) is 4.46. The number of thiazole rings is 1. The summed E-state index contributed by atoms with van der Waals surface area (Å²) in [7, 11) is 0. The van der Waals surface area contributed by atoms with Crippen molar-refractivity contribution in [1.29, 1.82) is 0 Å². The quantitative estimate of drug-likeness (QED) is 0.536. The summed E-state index contributed by atoms with van der Waals surface area (Å²) < 4.78 is 5.97. The summed E-state index contributed by atoms with van der Waals surface area (Å²) in [4.78, 5) is 4.24. The molecule has 4 aromatic rings. The average Bonchev–Trinajstić information content (AvgIpc) is 3.22. The van der Waals surface area contributed by atoms with Gasteiger partial charge in [-0.1, -0.05) is 48.5 Å². The predicted molar refractivity (Wildman–Crippen MR) is 106 cm³/mol. The molecule has 0 fully saturated rings. The molecule has 0 aliphatic carbocycles. The molecule has 0 radical (unpaired) electrons. The third-order valence-corrected chi connectivity index (χ3v) is 5.45. The largest absolute Gasteiger partial charge is 0.489 e. The number of hydrogen-bond donors (Lipinski definition) is 1. The minimum Gasteiger partial charge on any atom is -0.489 e. The number of rotatable bonds is 5. The fourth-order valence-corrected chi connectivity index (χ4v) is 3.69. The smallest absolute Gasteiger partial charge is 0.138 e. The highest BCUT2D eigenvalue weighted by Gasteiger charge is 2.28. The summed E-state index contributed by atoms with van der Waals surface area (Å²) in [5, 5.41) is 15.8. The van der Waals surface area contributed by atoms with Gasteiger partial charge in [-0.2, -0.15) is 0 Å². The van der Waals surface area contributed by atoms with Crippen LogP contribution in [0.5, 0.6) is 5.75 Å². The van der Waals surface area contributed by atoms with Crippen molar-refractivity contribution >= 4 is 22.1 Å². The minimum atomic E-state index is -1.13. The summed E-state index contributed by atoms with van der Waals surface area (Å²) in [6.07, 6.45) is 1.70. The molecule has 26 heavy (non-hydrogen) atoms. The van der Waals surface area contributed by atoms with Gasteiger partial charge in [-0.3, -0.25) is 0 Å². The number of aliphatic hydroxyl groups is 1. The molecule has 4 heteroatoms. The van der Waals surface area contributed by atoms with Crippen LogP contribution in [0.3, 0.4) is 0 Å². The van der Waals surface area contributed by atoms with Crippen LogP contribution in [0.2, 0.25) is 0 Å². The number of benzene rings is 3. The van der Waals surface area contributed by atoms with Crippen LogP contribution in [0.25, 0.3) is 10.8 Å². The molecule has 0 saturated carbocycles. The Morgan fingerprint density at radius 1 is 1.00 bits per heavy atom. The molecule has 0 aliphatic heterocycles. The van der Waals surface area contributed by atoms with Gasteiger partial charge in [0.2, 0.25) is 0 Å².